The Kier molecular flexibility index (Phi) is 3.56. The Morgan fingerprint density at radius 1 is 1.22 bits per heavy atom. The number of hydrogen-bond donors (Lipinski definition) is 1. The Balaban J connectivity index is 2.11. The Morgan fingerprint density at radius 3 is 2.50 bits per heavy atom. The van der Waals surface area contributed by atoms with Crippen molar-refractivity contribution in [3.63, 3.8) is 0 Å². The number of hydrogen-bond acceptors (Lipinski definition) is 2. The van der Waals surface area contributed by atoms with Crippen molar-refractivity contribution >= 4 is 5.91 Å². The van der Waals surface area contributed by atoms with Gasteiger partial charge in [-0.15, -0.1) is 0 Å². The summed E-state index contributed by atoms with van der Waals surface area (Å²) >= 11 is 0. The average molecular weight is 259 g/mol. The van der Waals surface area contributed by atoms with Crippen LogP contribution in [0.4, 0.5) is 13.2 Å². The molecule has 1 N–H and O–H groups in total. The van der Waals surface area contributed by atoms with Gasteiger partial charge in [0, 0.05) is 13.0 Å². The molecule has 6 heteroatoms. The summed E-state index contributed by atoms with van der Waals surface area (Å²) in [5.74, 6) is -0.107. The fourth-order valence-electron chi connectivity index (χ4n) is 1.75. The standard InChI is InChI=1S/C12H12F3NO2/c13-12(14,15)9-3-1-8(2-4-9)10-7-16-11(17)5-6-18-10/h1-4,10H,5-7H2,(H,16,17). The Morgan fingerprint density at radius 2 is 1.89 bits per heavy atom. The highest BCUT2D eigenvalue weighted by Crippen LogP contribution is 2.30. The lowest BCUT2D eigenvalue weighted by Gasteiger charge is -2.16. The van der Waals surface area contributed by atoms with E-state index >= 15 is 0 Å². The number of amides is 1. The molecule has 2 rings (SSSR count). The molecule has 98 valence electrons. The molecular weight excluding hydrogens is 247 g/mol. The number of alkyl halides is 3. The molecule has 0 radical (unpaired) electrons. The summed E-state index contributed by atoms with van der Waals surface area (Å²) < 4.78 is 42.6. The summed E-state index contributed by atoms with van der Waals surface area (Å²) in [5.41, 5.74) is -0.0610. The average Bonchev–Trinajstić information content (AvgIpc) is 2.53. The zero-order chi connectivity index (χ0) is 13.2. The van der Waals surface area contributed by atoms with Gasteiger partial charge in [0.2, 0.25) is 5.91 Å². The largest absolute Gasteiger partial charge is 0.416 e. The lowest BCUT2D eigenvalue weighted by atomic mass is 10.1. The van der Waals surface area contributed by atoms with Gasteiger partial charge in [-0.1, -0.05) is 12.1 Å². The van der Waals surface area contributed by atoms with Crippen LogP contribution in [-0.4, -0.2) is 19.1 Å². The molecule has 0 aliphatic carbocycles. The number of halogens is 3. The maximum absolute atomic E-state index is 12.4. The van der Waals surface area contributed by atoms with Gasteiger partial charge in [0.1, 0.15) is 0 Å². The van der Waals surface area contributed by atoms with Crippen molar-refractivity contribution in [2.45, 2.75) is 18.7 Å². The summed E-state index contributed by atoms with van der Waals surface area (Å²) in [6, 6.07) is 4.80. The molecule has 0 saturated carbocycles. The minimum absolute atomic E-state index is 0.107. The van der Waals surface area contributed by atoms with Crippen LogP contribution in [0.3, 0.4) is 0 Å². The first-order valence-electron chi connectivity index (χ1n) is 5.52. The van der Waals surface area contributed by atoms with E-state index in [1.54, 1.807) is 0 Å². The maximum atomic E-state index is 12.4. The van der Waals surface area contributed by atoms with E-state index in [0.29, 0.717) is 5.56 Å². The molecule has 1 fully saturated rings. The van der Waals surface area contributed by atoms with Gasteiger partial charge in [-0.3, -0.25) is 4.79 Å². The number of rotatable bonds is 1. The van der Waals surface area contributed by atoms with Crippen molar-refractivity contribution in [1.82, 2.24) is 5.32 Å². The fourth-order valence-corrected chi connectivity index (χ4v) is 1.75. The van der Waals surface area contributed by atoms with E-state index < -0.39 is 17.8 Å². The molecule has 1 aromatic carbocycles. The first kappa shape index (κ1) is 12.9. The summed E-state index contributed by atoms with van der Waals surface area (Å²) in [7, 11) is 0. The van der Waals surface area contributed by atoms with E-state index in [4.69, 9.17) is 4.74 Å². The monoisotopic (exact) mass is 259 g/mol. The molecule has 1 aliphatic rings. The molecule has 1 amide bonds. The van der Waals surface area contributed by atoms with E-state index in [-0.39, 0.29) is 25.5 Å². The number of ether oxygens (including phenoxy) is 1. The molecule has 1 unspecified atom stereocenters. The van der Waals surface area contributed by atoms with Crippen molar-refractivity contribution in [2.24, 2.45) is 0 Å². The number of benzene rings is 1. The lowest BCUT2D eigenvalue weighted by molar-refractivity contribution is -0.137. The van der Waals surface area contributed by atoms with Crippen LogP contribution < -0.4 is 5.32 Å². The van der Waals surface area contributed by atoms with Crippen LogP contribution in [0.25, 0.3) is 0 Å². The lowest BCUT2D eigenvalue weighted by Crippen LogP contribution is -2.25. The zero-order valence-corrected chi connectivity index (χ0v) is 9.46. The van der Waals surface area contributed by atoms with Gasteiger partial charge in [-0.05, 0) is 17.7 Å². The van der Waals surface area contributed by atoms with Crippen molar-refractivity contribution in [1.29, 1.82) is 0 Å². The molecule has 0 spiro atoms. The fraction of sp³-hybridized carbons (Fsp3) is 0.417. The predicted molar refractivity (Wildman–Crippen MR) is 57.8 cm³/mol. The number of carbonyl (C=O) groups is 1. The SMILES string of the molecule is O=C1CCOC(c2ccc(C(F)(F)F)cc2)CN1. The van der Waals surface area contributed by atoms with Gasteiger partial charge in [-0.25, -0.2) is 0 Å². The third-order valence-electron chi connectivity index (χ3n) is 2.74. The van der Waals surface area contributed by atoms with Crippen molar-refractivity contribution < 1.29 is 22.7 Å². The van der Waals surface area contributed by atoms with E-state index in [9.17, 15) is 18.0 Å². The van der Waals surface area contributed by atoms with Crippen LogP contribution >= 0.6 is 0 Å². The summed E-state index contributed by atoms with van der Waals surface area (Å²) in [6.07, 6.45) is -4.45. The molecule has 3 nitrogen and oxygen atoms in total. The quantitative estimate of drug-likeness (QED) is 0.840. The Hall–Kier alpha value is -1.56. The van der Waals surface area contributed by atoms with E-state index in [2.05, 4.69) is 5.32 Å². The van der Waals surface area contributed by atoms with E-state index in [1.807, 2.05) is 0 Å². The highest BCUT2D eigenvalue weighted by atomic mass is 19.4. The first-order chi connectivity index (χ1) is 8.47. The number of nitrogens with one attached hydrogen (secondary N) is 1. The van der Waals surface area contributed by atoms with Gasteiger partial charge in [0.25, 0.3) is 0 Å². The second-order valence-electron chi connectivity index (χ2n) is 4.03. The summed E-state index contributed by atoms with van der Waals surface area (Å²) in [5, 5.41) is 2.65. The van der Waals surface area contributed by atoms with E-state index in [1.165, 1.54) is 12.1 Å². The minimum Gasteiger partial charge on any atom is -0.371 e. The molecule has 0 bridgehead atoms. The predicted octanol–water partition coefficient (Wildman–Crippen LogP) is 2.28. The molecular formula is C12H12F3NO2. The van der Waals surface area contributed by atoms with Gasteiger partial charge < -0.3 is 10.1 Å². The smallest absolute Gasteiger partial charge is 0.371 e. The van der Waals surface area contributed by atoms with Crippen LogP contribution in [0.2, 0.25) is 0 Å². The summed E-state index contributed by atoms with van der Waals surface area (Å²) in [6.45, 7) is 0.557. The van der Waals surface area contributed by atoms with Crippen LogP contribution in [0, 0.1) is 0 Å². The summed E-state index contributed by atoms with van der Waals surface area (Å²) in [4.78, 5) is 11.1. The van der Waals surface area contributed by atoms with Gasteiger partial charge >= 0.3 is 6.18 Å². The second-order valence-corrected chi connectivity index (χ2v) is 4.03. The van der Waals surface area contributed by atoms with Crippen LogP contribution in [-0.2, 0) is 15.7 Å². The normalized spacial score (nSPS) is 21.3. The van der Waals surface area contributed by atoms with Crippen LogP contribution in [0.1, 0.15) is 23.7 Å². The van der Waals surface area contributed by atoms with Crippen LogP contribution in [0.15, 0.2) is 24.3 Å². The molecule has 1 heterocycles. The second kappa shape index (κ2) is 4.97. The highest BCUT2D eigenvalue weighted by Gasteiger charge is 2.30. The Bertz CT molecular complexity index is 428. The van der Waals surface area contributed by atoms with Gasteiger partial charge in [0.15, 0.2) is 0 Å². The van der Waals surface area contributed by atoms with Crippen molar-refractivity contribution in [3.8, 4) is 0 Å². The number of carbonyl (C=O) groups excluding carboxylic acids is 1. The highest BCUT2D eigenvalue weighted by molar-refractivity contribution is 5.76. The Labute approximate surface area is 102 Å². The zero-order valence-electron chi connectivity index (χ0n) is 9.46. The van der Waals surface area contributed by atoms with Crippen molar-refractivity contribution in [2.75, 3.05) is 13.2 Å². The third-order valence-corrected chi connectivity index (χ3v) is 2.74. The van der Waals surface area contributed by atoms with Gasteiger partial charge in [0.05, 0.1) is 18.3 Å². The van der Waals surface area contributed by atoms with E-state index in [0.717, 1.165) is 12.1 Å². The molecule has 1 aromatic rings. The first-order valence-corrected chi connectivity index (χ1v) is 5.52. The minimum atomic E-state index is -4.34. The molecule has 1 saturated heterocycles. The third kappa shape index (κ3) is 3.01. The molecule has 0 aromatic heterocycles. The molecule has 1 atom stereocenters. The maximum Gasteiger partial charge on any atom is 0.416 e. The molecule has 1 aliphatic heterocycles. The van der Waals surface area contributed by atoms with Gasteiger partial charge in [-0.2, -0.15) is 13.2 Å². The van der Waals surface area contributed by atoms with Crippen molar-refractivity contribution in [3.05, 3.63) is 35.4 Å². The topological polar surface area (TPSA) is 38.3 Å². The molecule has 18 heavy (non-hydrogen) atoms. The van der Waals surface area contributed by atoms with Crippen LogP contribution in [0.5, 0.6) is 0 Å².